The molecular formula is C15H22Cl2O3S. The van der Waals surface area contributed by atoms with Crippen molar-refractivity contribution in [3.05, 3.63) is 23.2 Å². The van der Waals surface area contributed by atoms with Crippen LogP contribution < -0.4 is 4.74 Å². The van der Waals surface area contributed by atoms with Crippen LogP contribution in [-0.2, 0) is 9.05 Å². The molecule has 1 rings (SSSR count). The van der Waals surface area contributed by atoms with Crippen molar-refractivity contribution in [2.24, 2.45) is 0 Å². The summed E-state index contributed by atoms with van der Waals surface area (Å²) in [5.41, 5.74) is 0. The number of halogens is 2. The molecule has 0 fully saturated rings. The van der Waals surface area contributed by atoms with Crippen LogP contribution >= 0.6 is 22.3 Å². The first-order chi connectivity index (χ1) is 9.95. The highest BCUT2D eigenvalue weighted by Gasteiger charge is 2.12. The summed E-state index contributed by atoms with van der Waals surface area (Å²) in [5.74, 6) is 0.492. The Bertz CT molecular complexity index is 530. The van der Waals surface area contributed by atoms with E-state index in [9.17, 15) is 8.42 Å². The molecule has 0 unspecified atom stereocenters. The molecule has 0 amide bonds. The molecule has 0 saturated heterocycles. The smallest absolute Gasteiger partial charge is 0.261 e. The maximum Gasteiger partial charge on any atom is 0.261 e. The fourth-order valence-corrected chi connectivity index (χ4v) is 3.07. The van der Waals surface area contributed by atoms with Gasteiger partial charge in [0.2, 0.25) is 0 Å². The van der Waals surface area contributed by atoms with E-state index in [2.05, 4.69) is 6.92 Å². The summed E-state index contributed by atoms with van der Waals surface area (Å²) in [7, 11) is 1.50. The van der Waals surface area contributed by atoms with Gasteiger partial charge in [-0.3, -0.25) is 0 Å². The van der Waals surface area contributed by atoms with Crippen molar-refractivity contribution < 1.29 is 13.2 Å². The number of hydrogen-bond donors (Lipinski definition) is 0. The molecule has 0 aliphatic carbocycles. The van der Waals surface area contributed by atoms with E-state index in [-0.39, 0.29) is 9.92 Å². The first-order valence-corrected chi connectivity index (χ1v) is 10.0. The Morgan fingerprint density at radius 3 is 2.24 bits per heavy atom. The molecule has 6 heteroatoms. The van der Waals surface area contributed by atoms with Crippen LogP contribution in [0.1, 0.15) is 51.9 Å². The van der Waals surface area contributed by atoms with E-state index in [0.29, 0.717) is 12.4 Å². The molecule has 3 nitrogen and oxygen atoms in total. The van der Waals surface area contributed by atoms with Crippen LogP contribution in [0.25, 0.3) is 0 Å². The molecule has 120 valence electrons. The standard InChI is InChI=1S/C15H22Cl2O3S/c1-2-3-4-5-6-7-8-11-20-15-10-9-13(12-14(15)16)21(17,18)19/h9-10,12H,2-8,11H2,1H3. The molecule has 0 heterocycles. The zero-order chi connectivity index (χ0) is 15.7. The summed E-state index contributed by atoms with van der Waals surface area (Å²) >= 11 is 5.98. The summed E-state index contributed by atoms with van der Waals surface area (Å²) in [6, 6.07) is 4.25. The van der Waals surface area contributed by atoms with Crippen LogP contribution in [0.2, 0.25) is 5.02 Å². The van der Waals surface area contributed by atoms with Crippen LogP contribution in [0.15, 0.2) is 23.1 Å². The van der Waals surface area contributed by atoms with Gasteiger partial charge in [-0.05, 0) is 24.6 Å². The molecule has 1 aromatic rings. The Balaban J connectivity index is 2.30. The highest BCUT2D eigenvalue weighted by Crippen LogP contribution is 2.28. The van der Waals surface area contributed by atoms with E-state index in [1.165, 1.54) is 44.2 Å². The third-order valence-electron chi connectivity index (χ3n) is 3.19. The molecule has 0 radical (unpaired) electrons. The van der Waals surface area contributed by atoms with Crippen LogP contribution in [0.4, 0.5) is 0 Å². The van der Waals surface area contributed by atoms with Crippen LogP contribution in [0.5, 0.6) is 5.75 Å². The highest BCUT2D eigenvalue weighted by molar-refractivity contribution is 8.13. The Morgan fingerprint density at radius 1 is 1.05 bits per heavy atom. The Morgan fingerprint density at radius 2 is 1.67 bits per heavy atom. The zero-order valence-corrected chi connectivity index (χ0v) is 14.6. The third kappa shape index (κ3) is 7.39. The zero-order valence-electron chi connectivity index (χ0n) is 12.3. The van der Waals surface area contributed by atoms with Crippen molar-refractivity contribution in [2.45, 2.75) is 56.8 Å². The van der Waals surface area contributed by atoms with Gasteiger partial charge in [0.25, 0.3) is 9.05 Å². The monoisotopic (exact) mass is 352 g/mol. The van der Waals surface area contributed by atoms with Crippen LogP contribution in [0, 0.1) is 0 Å². The second-order valence-electron chi connectivity index (χ2n) is 5.00. The fraction of sp³-hybridized carbons (Fsp3) is 0.600. The largest absolute Gasteiger partial charge is 0.492 e. The number of ether oxygens (including phenoxy) is 1. The molecule has 21 heavy (non-hydrogen) atoms. The number of hydrogen-bond acceptors (Lipinski definition) is 3. The minimum absolute atomic E-state index is 0.0163. The van der Waals surface area contributed by atoms with Gasteiger partial charge < -0.3 is 4.74 Å². The van der Waals surface area contributed by atoms with Gasteiger partial charge in [0.05, 0.1) is 16.5 Å². The second-order valence-corrected chi connectivity index (χ2v) is 7.97. The predicted octanol–water partition coefficient (Wildman–Crippen LogP) is 5.40. The highest BCUT2D eigenvalue weighted by atomic mass is 35.7. The van der Waals surface area contributed by atoms with E-state index in [1.54, 1.807) is 6.07 Å². The molecular weight excluding hydrogens is 331 g/mol. The van der Waals surface area contributed by atoms with Gasteiger partial charge in [0, 0.05) is 10.7 Å². The average molecular weight is 353 g/mol. The Hall–Kier alpha value is -0.450. The predicted molar refractivity (Wildman–Crippen MR) is 88.0 cm³/mol. The van der Waals surface area contributed by atoms with Crippen molar-refractivity contribution in [2.75, 3.05) is 6.61 Å². The maximum atomic E-state index is 11.2. The lowest BCUT2D eigenvalue weighted by Gasteiger charge is -2.08. The van der Waals surface area contributed by atoms with Crippen LogP contribution in [-0.4, -0.2) is 15.0 Å². The second kappa shape index (κ2) is 9.54. The van der Waals surface area contributed by atoms with Crippen LogP contribution in [0.3, 0.4) is 0 Å². The third-order valence-corrected chi connectivity index (χ3v) is 4.84. The molecule has 0 spiro atoms. The van der Waals surface area contributed by atoms with Gasteiger partial charge in [0.1, 0.15) is 5.75 Å². The van der Waals surface area contributed by atoms with E-state index < -0.39 is 9.05 Å². The molecule has 0 aliphatic rings. The summed E-state index contributed by atoms with van der Waals surface area (Å²) in [6.07, 6.45) is 8.47. The van der Waals surface area contributed by atoms with Crippen molar-refractivity contribution in [3.8, 4) is 5.75 Å². The minimum atomic E-state index is -3.75. The molecule has 0 N–H and O–H groups in total. The van der Waals surface area contributed by atoms with E-state index in [1.807, 2.05) is 0 Å². The van der Waals surface area contributed by atoms with Crippen molar-refractivity contribution >= 4 is 31.3 Å². The fourth-order valence-electron chi connectivity index (χ4n) is 1.99. The maximum absolute atomic E-state index is 11.2. The van der Waals surface area contributed by atoms with E-state index >= 15 is 0 Å². The van der Waals surface area contributed by atoms with Gasteiger partial charge in [-0.25, -0.2) is 8.42 Å². The molecule has 0 aromatic heterocycles. The van der Waals surface area contributed by atoms with Crippen molar-refractivity contribution in [1.82, 2.24) is 0 Å². The number of rotatable bonds is 10. The molecule has 0 saturated carbocycles. The number of unbranched alkanes of at least 4 members (excludes halogenated alkanes) is 6. The van der Waals surface area contributed by atoms with Crippen molar-refractivity contribution in [1.29, 1.82) is 0 Å². The first kappa shape index (κ1) is 18.6. The summed E-state index contributed by atoms with van der Waals surface area (Å²) < 4.78 is 27.9. The lowest BCUT2D eigenvalue weighted by atomic mass is 10.1. The average Bonchev–Trinajstić information content (AvgIpc) is 2.42. The summed E-state index contributed by atoms with van der Waals surface area (Å²) in [6.45, 7) is 2.79. The van der Waals surface area contributed by atoms with Gasteiger partial charge >= 0.3 is 0 Å². The van der Waals surface area contributed by atoms with Gasteiger partial charge in [-0.2, -0.15) is 0 Å². The quantitative estimate of drug-likeness (QED) is 0.418. The Kier molecular flexibility index (Phi) is 8.45. The normalized spacial score (nSPS) is 11.6. The number of benzene rings is 1. The van der Waals surface area contributed by atoms with Gasteiger partial charge in [0.15, 0.2) is 0 Å². The van der Waals surface area contributed by atoms with Crippen molar-refractivity contribution in [3.63, 3.8) is 0 Å². The SMILES string of the molecule is CCCCCCCCCOc1ccc(S(=O)(=O)Cl)cc1Cl. The van der Waals surface area contributed by atoms with E-state index in [0.717, 1.165) is 12.8 Å². The lowest BCUT2D eigenvalue weighted by Crippen LogP contribution is -1.99. The lowest BCUT2D eigenvalue weighted by molar-refractivity contribution is 0.304. The minimum Gasteiger partial charge on any atom is -0.492 e. The molecule has 1 aromatic carbocycles. The molecule has 0 aliphatic heterocycles. The molecule has 0 atom stereocenters. The van der Waals surface area contributed by atoms with Gasteiger partial charge in [-0.1, -0.05) is 57.0 Å². The Labute approximate surface area is 137 Å². The first-order valence-electron chi connectivity index (χ1n) is 7.32. The molecule has 0 bridgehead atoms. The van der Waals surface area contributed by atoms with Gasteiger partial charge in [-0.15, -0.1) is 0 Å². The topological polar surface area (TPSA) is 43.4 Å². The summed E-state index contributed by atoms with van der Waals surface area (Å²) in [5, 5.41) is 0.264. The van der Waals surface area contributed by atoms with E-state index in [4.69, 9.17) is 27.0 Å². The summed E-state index contributed by atoms with van der Waals surface area (Å²) in [4.78, 5) is -0.0163.